The van der Waals surface area contributed by atoms with Crippen LogP contribution in [0.2, 0.25) is 0 Å². The van der Waals surface area contributed by atoms with Crippen LogP contribution in [-0.4, -0.2) is 6.10 Å². The van der Waals surface area contributed by atoms with E-state index in [-0.39, 0.29) is 6.10 Å². The maximum Gasteiger partial charge on any atom is 0.179 e. The Morgan fingerprint density at radius 2 is 2.44 bits per heavy atom. The quantitative estimate of drug-likeness (QED) is 0.453. The van der Waals surface area contributed by atoms with Crippen LogP contribution in [0, 0.1) is 6.42 Å². The molecular formula is C7H7O2. The molecule has 1 unspecified atom stereocenters. The molecule has 1 aliphatic carbocycles. The third kappa shape index (κ3) is 0.598. The Kier molecular flexibility index (Phi) is 0.904. The summed E-state index contributed by atoms with van der Waals surface area (Å²) in [5, 5.41) is 0. The molecule has 47 valence electrons. The Morgan fingerprint density at radius 1 is 1.56 bits per heavy atom. The third-order valence-corrected chi connectivity index (χ3v) is 1.52. The molecule has 1 radical (unpaired) electrons. The fourth-order valence-electron chi connectivity index (χ4n) is 0.944. The van der Waals surface area contributed by atoms with Crippen LogP contribution >= 0.6 is 0 Å². The number of rotatable bonds is 0. The standard InChI is InChI=1S/C7H7O2/c1-5-3-2-4-6-7(5)9-8-6/h2-4,6H,1H3. The van der Waals surface area contributed by atoms with Gasteiger partial charge in [0.05, 0.1) is 0 Å². The molecule has 1 saturated heterocycles. The summed E-state index contributed by atoms with van der Waals surface area (Å²) in [5.74, 6) is 0.956. The van der Waals surface area contributed by atoms with E-state index < -0.39 is 0 Å². The topological polar surface area (TPSA) is 18.5 Å². The van der Waals surface area contributed by atoms with Crippen LogP contribution in [0.15, 0.2) is 23.5 Å². The summed E-state index contributed by atoms with van der Waals surface area (Å²) in [6, 6.07) is 0. The van der Waals surface area contributed by atoms with Crippen molar-refractivity contribution in [3.8, 4) is 0 Å². The molecule has 0 N–H and O–H groups in total. The molecule has 0 aromatic carbocycles. The largest absolute Gasteiger partial charge is 0.338 e. The summed E-state index contributed by atoms with van der Waals surface area (Å²) in [6.45, 7) is 2.01. The van der Waals surface area contributed by atoms with Crippen LogP contribution in [0.4, 0.5) is 0 Å². The molecule has 0 saturated carbocycles. The zero-order chi connectivity index (χ0) is 6.27. The molecule has 0 bridgehead atoms. The fourth-order valence-corrected chi connectivity index (χ4v) is 0.944. The van der Waals surface area contributed by atoms with Crippen LogP contribution in [0.25, 0.3) is 0 Å². The lowest BCUT2D eigenvalue weighted by atomic mass is 10.0. The molecule has 1 heterocycles. The Hall–Kier alpha value is -0.760. The van der Waals surface area contributed by atoms with Gasteiger partial charge >= 0.3 is 0 Å². The molecule has 2 rings (SSSR count). The highest BCUT2D eigenvalue weighted by Crippen LogP contribution is 2.30. The normalized spacial score (nSPS) is 31.0. The predicted octanol–water partition coefficient (Wildman–Crippen LogP) is 1.36. The Morgan fingerprint density at radius 3 is 2.89 bits per heavy atom. The van der Waals surface area contributed by atoms with Gasteiger partial charge in [-0.15, -0.1) is 0 Å². The highest BCUT2D eigenvalue weighted by molar-refractivity contribution is 5.34. The second-order valence-corrected chi connectivity index (χ2v) is 2.20. The predicted molar refractivity (Wildman–Crippen MR) is 32.1 cm³/mol. The summed E-state index contributed by atoms with van der Waals surface area (Å²) in [5.41, 5.74) is 1.16. The van der Waals surface area contributed by atoms with Crippen LogP contribution in [0.1, 0.15) is 6.92 Å². The van der Waals surface area contributed by atoms with Gasteiger partial charge in [0.25, 0.3) is 0 Å². The summed E-state index contributed by atoms with van der Waals surface area (Å²) in [6.07, 6.45) is 6.06. The molecule has 0 aromatic rings. The van der Waals surface area contributed by atoms with Crippen LogP contribution < -0.4 is 0 Å². The van der Waals surface area contributed by atoms with E-state index in [4.69, 9.17) is 9.78 Å². The van der Waals surface area contributed by atoms with Crippen molar-refractivity contribution in [2.24, 2.45) is 0 Å². The first kappa shape index (κ1) is 5.06. The molecule has 0 amide bonds. The fraction of sp³-hybridized carbons (Fsp3) is 0.286. The minimum absolute atomic E-state index is 0.106. The Balaban J connectivity index is 2.31. The maximum atomic E-state index is 4.74. The molecule has 1 aliphatic heterocycles. The molecule has 0 spiro atoms. The highest BCUT2D eigenvalue weighted by Gasteiger charge is 2.31. The highest BCUT2D eigenvalue weighted by atomic mass is 17.2. The lowest BCUT2D eigenvalue weighted by Crippen LogP contribution is -2.31. The van der Waals surface area contributed by atoms with E-state index in [0.29, 0.717) is 0 Å². The van der Waals surface area contributed by atoms with Gasteiger partial charge in [-0.05, 0) is 12.5 Å². The third-order valence-electron chi connectivity index (χ3n) is 1.52. The van der Waals surface area contributed by atoms with E-state index in [2.05, 4.69) is 0 Å². The van der Waals surface area contributed by atoms with Crippen molar-refractivity contribution in [3.05, 3.63) is 29.9 Å². The van der Waals surface area contributed by atoms with Crippen LogP contribution in [0.5, 0.6) is 0 Å². The van der Waals surface area contributed by atoms with Crippen molar-refractivity contribution in [2.45, 2.75) is 13.0 Å². The van der Waals surface area contributed by atoms with E-state index in [1.165, 1.54) is 0 Å². The van der Waals surface area contributed by atoms with Crippen LogP contribution in [0.3, 0.4) is 0 Å². The molecular weight excluding hydrogens is 116 g/mol. The van der Waals surface area contributed by atoms with Gasteiger partial charge in [-0.3, -0.25) is 0 Å². The first-order valence-corrected chi connectivity index (χ1v) is 2.93. The summed E-state index contributed by atoms with van der Waals surface area (Å²) in [4.78, 5) is 9.48. The molecule has 1 atom stereocenters. The molecule has 1 fully saturated rings. The molecule has 2 nitrogen and oxygen atoms in total. The smallest absolute Gasteiger partial charge is 0.179 e. The number of fused-ring (bicyclic) bond motifs is 1. The van der Waals surface area contributed by atoms with E-state index in [9.17, 15) is 0 Å². The molecule has 0 aromatic heterocycles. The first-order chi connectivity index (χ1) is 4.38. The summed E-state index contributed by atoms with van der Waals surface area (Å²) < 4.78 is 0. The average molecular weight is 123 g/mol. The zero-order valence-corrected chi connectivity index (χ0v) is 5.13. The van der Waals surface area contributed by atoms with Gasteiger partial charge in [-0.1, -0.05) is 12.2 Å². The SMILES string of the molecule is CC1=C2OOC2[CH]C=C1. The van der Waals surface area contributed by atoms with Gasteiger partial charge in [0.15, 0.2) is 11.9 Å². The van der Waals surface area contributed by atoms with Crippen molar-refractivity contribution in [1.29, 1.82) is 0 Å². The van der Waals surface area contributed by atoms with Gasteiger partial charge in [0, 0.05) is 6.42 Å². The number of hydrogen-bond acceptors (Lipinski definition) is 2. The molecule has 9 heavy (non-hydrogen) atoms. The van der Waals surface area contributed by atoms with Crippen molar-refractivity contribution >= 4 is 0 Å². The minimum Gasteiger partial charge on any atom is -0.338 e. The lowest BCUT2D eigenvalue weighted by molar-refractivity contribution is -0.368. The Labute approximate surface area is 53.7 Å². The van der Waals surface area contributed by atoms with E-state index in [0.717, 1.165) is 11.3 Å². The second kappa shape index (κ2) is 1.61. The van der Waals surface area contributed by atoms with E-state index >= 15 is 0 Å². The van der Waals surface area contributed by atoms with Crippen molar-refractivity contribution in [1.82, 2.24) is 0 Å². The lowest BCUT2D eigenvalue weighted by Gasteiger charge is -2.30. The molecule has 2 heteroatoms. The minimum atomic E-state index is 0.106. The zero-order valence-electron chi connectivity index (χ0n) is 5.13. The van der Waals surface area contributed by atoms with Crippen LogP contribution in [-0.2, 0) is 9.78 Å². The van der Waals surface area contributed by atoms with Gasteiger partial charge in [0.2, 0.25) is 0 Å². The van der Waals surface area contributed by atoms with Gasteiger partial charge in [-0.2, -0.15) is 4.89 Å². The van der Waals surface area contributed by atoms with E-state index in [1.807, 2.05) is 25.5 Å². The van der Waals surface area contributed by atoms with Gasteiger partial charge < -0.3 is 4.89 Å². The number of hydrogen-bond donors (Lipinski definition) is 0. The van der Waals surface area contributed by atoms with Crippen molar-refractivity contribution in [2.75, 3.05) is 0 Å². The van der Waals surface area contributed by atoms with Crippen molar-refractivity contribution < 1.29 is 9.78 Å². The monoisotopic (exact) mass is 123 g/mol. The number of allylic oxidation sites excluding steroid dienone is 2. The summed E-state index contributed by atoms with van der Waals surface area (Å²) >= 11 is 0. The Bertz CT molecular complexity index is 191. The van der Waals surface area contributed by atoms with Gasteiger partial charge in [-0.25, -0.2) is 0 Å². The second-order valence-electron chi connectivity index (χ2n) is 2.20. The van der Waals surface area contributed by atoms with Gasteiger partial charge in [0.1, 0.15) is 0 Å². The van der Waals surface area contributed by atoms with Crippen molar-refractivity contribution in [3.63, 3.8) is 0 Å². The average Bonchev–Trinajstić information content (AvgIpc) is 1.74. The first-order valence-electron chi connectivity index (χ1n) is 2.93. The molecule has 2 aliphatic rings. The van der Waals surface area contributed by atoms with E-state index in [1.54, 1.807) is 0 Å². The maximum absolute atomic E-state index is 4.74. The summed E-state index contributed by atoms with van der Waals surface area (Å²) in [7, 11) is 0.